The van der Waals surface area contributed by atoms with Crippen LogP contribution in [0.2, 0.25) is 5.02 Å². The van der Waals surface area contributed by atoms with Crippen molar-refractivity contribution in [3.8, 4) is 11.1 Å². The van der Waals surface area contributed by atoms with Crippen LogP contribution >= 0.6 is 11.6 Å². The number of hydrogen-bond acceptors (Lipinski definition) is 3. The third-order valence-electron chi connectivity index (χ3n) is 3.01. The summed E-state index contributed by atoms with van der Waals surface area (Å²) >= 11 is 6.24. The van der Waals surface area contributed by atoms with Gasteiger partial charge in [0.2, 0.25) is 0 Å². The number of hydrogen-bond donors (Lipinski definition) is 0. The van der Waals surface area contributed by atoms with Crippen molar-refractivity contribution in [2.24, 2.45) is 0 Å². The standard InChI is InChI=1S/C15H11ClN2O2/c1-20-15(19)13-9-18-8-11(7-12(16)14(18)17-13)10-5-3-2-4-6-10/h2-9H,1H3. The van der Waals surface area contributed by atoms with Gasteiger partial charge in [0.05, 0.1) is 12.1 Å². The second-order valence-electron chi connectivity index (χ2n) is 4.29. The van der Waals surface area contributed by atoms with Crippen LogP contribution in [-0.2, 0) is 4.74 Å². The van der Waals surface area contributed by atoms with E-state index in [1.54, 1.807) is 10.6 Å². The molecular weight excluding hydrogens is 276 g/mol. The van der Waals surface area contributed by atoms with Gasteiger partial charge in [0.15, 0.2) is 11.3 Å². The molecule has 0 saturated heterocycles. The van der Waals surface area contributed by atoms with Crippen molar-refractivity contribution in [1.29, 1.82) is 0 Å². The molecule has 0 aliphatic carbocycles. The summed E-state index contributed by atoms with van der Waals surface area (Å²) in [6.45, 7) is 0. The second kappa shape index (κ2) is 4.98. The minimum atomic E-state index is -0.481. The molecule has 3 aromatic rings. The van der Waals surface area contributed by atoms with E-state index in [2.05, 4.69) is 9.72 Å². The van der Waals surface area contributed by atoms with Gasteiger partial charge >= 0.3 is 5.97 Å². The average Bonchev–Trinajstić information content (AvgIpc) is 2.92. The van der Waals surface area contributed by atoms with Gasteiger partial charge in [-0.3, -0.25) is 0 Å². The van der Waals surface area contributed by atoms with Gasteiger partial charge in [-0.05, 0) is 17.2 Å². The maximum atomic E-state index is 11.5. The van der Waals surface area contributed by atoms with Gasteiger partial charge in [-0.25, -0.2) is 9.78 Å². The zero-order valence-electron chi connectivity index (χ0n) is 10.7. The number of fused-ring (bicyclic) bond motifs is 1. The summed E-state index contributed by atoms with van der Waals surface area (Å²) < 4.78 is 6.40. The molecule has 1 aromatic carbocycles. The van der Waals surface area contributed by atoms with Gasteiger partial charge in [-0.1, -0.05) is 41.9 Å². The summed E-state index contributed by atoms with van der Waals surface area (Å²) in [7, 11) is 1.32. The average molecular weight is 287 g/mol. The molecule has 0 saturated carbocycles. The topological polar surface area (TPSA) is 43.6 Å². The van der Waals surface area contributed by atoms with Crippen LogP contribution in [0.3, 0.4) is 0 Å². The maximum absolute atomic E-state index is 11.5. The lowest BCUT2D eigenvalue weighted by Gasteiger charge is -2.04. The van der Waals surface area contributed by atoms with Gasteiger partial charge in [-0.15, -0.1) is 0 Å². The van der Waals surface area contributed by atoms with Gasteiger partial charge < -0.3 is 9.14 Å². The Hall–Kier alpha value is -2.33. The fourth-order valence-corrected chi connectivity index (χ4v) is 2.31. The Kier molecular flexibility index (Phi) is 3.16. The zero-order chi connectivity index (χ0) is 14.1. The molecular formula is C15H11ClN2O2. The molecule has 100 valence electrons. The minimum absolute atomic E-state index is 0.236. The SMILES string of the molecule is COC(=O)c1cn2cc(-c3ccccc3)cc(Cl)c2n1. The lowest BCUT2D eigenvalue weighted by molar-refractivity contribution is 0.0595. The van der Waals surface area contributed by atoms with Crippen molar-refractivity contribution in [3.63, 3.8) is 0 Å². The van der Waals surface area contributed by atoms with Crippen molar-refractivity contribution in [2.45, 2.75) is 0 Å². The second-order valence-corrected chi connectivity index (χ2v) is 4.70. The molecule has 0 aliphatic heterocycles. The number of esters is 1. The van der Waals surface area contributed by atoms with E-state index in [0.29, 0.717) is 10.7 Å². The molecule has 0 radical (unpaired) electrons. The van der Waals surface area contributed by atoms with Crippen LogP contribution in [-0.4, -0.2) is 22.5 Å². The van der Waals surface area contributed by atoms with E-state index >= 15 is 0 Å². The number of imidazole rings is 1. The highest BCUT2D eigenvalue weighted by molar-refractivity contribution is 6.33. The van der Waals surface area contributed by atoms with Gasteiger partial charge in [-0.2, -0.15) is 0 Å². The summed E-state index contributed by atoms with van der Waals surface area (Å²) in [6.07, 6.45) is 3.50. The fourth-order valence-electron chi connectivity index (χ4n) is 2.05. The maximum Gasteiger partial charge on any atom is 0.358 e. The fraction of sp³-hybridized carbons (Fsp3) is 0.0667. The van der Waals surface area contributed by atoms with Gasteiger partial charge in [0.1, 0.15) is 0 Å². The normalized spacial score (nSPS) is 10.7. The van der Waals surface area contributed by atoms with E-state index < -0.39 is 5.97 Å². The van der Waals surface area contributed by atoms with Crippen molar-refractivity contribution >= 4 is 23.2 Å². The molecule has 2 aromatic heterocycles. The Bertz CT molecular complexity index is 781. The first-order valence-corrected chi connectivity index (χ1v) is 6.39. The van der Waals surface area contributed by atoms with Crippen LogP contribution < -0.4 is 0 Å². The summed E-state index contributed by atoms with van der Waals surface area (Å²) in [5, 5.41) is 0.488. The summed E-state index contributed by atoms with van der Waals surface area (Å²) in [6, 6.07) is 11.7. The molecule has 0 atom stereocenters. The molecule has 3 rings (SSSR count). The summed E-state index contributed by atoms with van der Waals surface area (Å²) in [5.41, 5.74) is 2.77. The number of aromatic nitrogens is 2. The van der Waals surface area contributed by atoms with E-state index in [1.807, 2.05) is 42.6 Å². The largest absolute Gasteiger partial charge is 0.464 e. The number of halogens is 1. The smallest absolute Gasteiger partial charge is 0.358 e. The zero-order valence-corrected chi connectivity index (χ0v) is 11.5. The first-order valence-electron chi connectivity index (χ1n) is 6.01. The van der Waals surface area contributed by atoms with Gasteiger partial charge in [0, 0.05) is 12.4 Å². The molecule has 20 heavy (non-hydrogen) atoms. The highest BCUT2D eigenvalue weighted by Crippen LogP contribution is 2.26. The number of methoxy groups -OCH3 is 1. The Balaban J connectivity index is 2.17. The van der Waals surface area contributed by atoms with E-state index in [-0.39, 0.29) is 5.69 Å². The molecule has 2 heterocycles. The molecule has 4 nitrogen and oxygen atoms in total. The van der Waals surface area contributed by atoms with Crippen molar-refractivity contribution < 1.29 is 9.53 Å². The van der Waals surface area contributed by atoms with Crippen molar-refractivity contribution in [3.05, 3.63) is 59.5 Å². The molecule has 0 unspecified atom stereocenters. The third kappa shape index (κ3) is 2.14. The summed E-state index contributed by atoms with van der Waals surface area (Å²) in [5.74, 6) is -0.481. The quantitative estimate of drug-likeness (QED) is 0.678. The number of rotatable bonds is 2. The number of carbonyl (C=O) groups is 1. The van der Waals surface area contributed by atoms with Gasteiger partial charge in [0.25, 0.3) is 0 Å². The van der Waals surface area contributed by atoms with E-state index in [0.717, 1.165) is 11.1 Å². The third-order valence-corrected chi connectivity index (χ3v) is 3.29. The number of nitrogens with zero attached hydrogens (tertiary/aromatic N) is 2. The molecule has 0 aliphatic rings. The molecule has 5 heteroatoms. The predicted molar refractivity (Wildman–Crippen MR) is 77.0 cm³/mol. The number of carbonyl (C=O) groups excluding carboxylic acids is 1. The lowest BCUT2D eigenvalue weighted by Crippen LogP contribution is -2.00. The monoisotopic (exact) mass is 286 g/mol. The number of benzene rings is 1. The Labute approximate surface area is 120 Å². The minimum Gasteiger partial charge on any atom is -0.464 e. The van der Waals surface area contributed by atoms with E-state index in [9.17, 15) is 4.79 Å². The predicted octanol–water partition coefficient (Wildman–Crippen LogP) is 3.44. The molecule has 0 amide bonds. The van der Waals surface area contributed by atoms with Crippen LogP contribution in [0.25, 0.3) is 16.8 Å². The van der Waals surface area contributed by atoms with Crippen LogP contribution in [0.5, 0.6) is 0 Å². The molecule has 0 spiro atoms. The van der Waals surface area contributed by atoms with E-state index in [1.165, 1.54) is 7.11 Å². The lowest BCUT2D eigenvalue weighted by atomic mass is 10.1. The van der Waals surface area contributed by atoms with E-state index in [4.69, 9.17) is 11.6 Å². The van der Waals surface area contributed by atoms with Crippen molar-refractivity contribution in [1.82, 2.24) is 9.38 Å². The highest BCUT2D eigenvalue weighted by atomic mass is 35.5. The van der Waals surface area contributed by atoms with Crippen LogP contribution in [0.15, 0.2) is 48.8 Å². The molecule has 0 fully saturated rings. The number of ether oxygens (including phenoxy) is 1. The van der Waals surface area contributed by atoms with Crippen LogP contribution in [0, 0.1) is 0 Å². The molecule has 0 N–H and O–H groups in total. The Morgan fingerprint density at radius 3 is 2.65 bits per heavy atom. The van der Waals surface area contributed by atoms with Crippen LogP contribution in [0.4, 0.5) is 0 Å². The van der Waals surface area contributed by atoms with Crippen molar-refractivity contribution in [2.75, 3.05) is 7.11 Å². The Morgan fingerprint density at radius 1 is 1.20 bits per heavy atom. The first kappa shape index (κ1) is 12.7. The summed E-state index contributed by atoms with van der Waals surface area (Å²) in [4.78, 5) is 15.7. The first-order chi connectivity index (χ1) is 9.69. The highest BCUT2D eigenvalue weighted by Gasteiger charge is 2.13. The molecule has 0 bridgehead atoms. The number of pyridine rings is 1. The van der Waals surface area contributed by atoms with Crippen LogP contribution in [0.1, 0.15) is 10.5 Å². The Morgan fingerprint density at radius 2 is 1.95 bits per heavy atom.